The number of nitrogens with one attached hydrogen (secondary N) is 2. The molecule has 2 N–H and O–H groups in total. The van der Waals surface area contributed by atoms with Crippen LogP contribution >= 0.6 is 0 Å². The molecule has 0 radical (unpaired) electrons. The van der Waals surface area contributed by atoms with E-state index >= 15 is 0 Å². The topological polar surface area (TPSA) is 76.4 Å². The van der Waals surface area contributed by atoms with E-state index < -0.39 is 0 Å². The largest absolute Gasteiger partial charge is 0.378 e. The Labute approximate surface area is 162 Å². The number of aryl methyl sites for hydroxylation is 1. The SMILES string of the molecule is CCOC1CC(NC(=NCc2nnc(C)n2C)NC2CCCC2)C12CCC2. The lowest BCUT2D eigenvalue weighted by Crippen LogP contribution is -2.69. The molecular weight excluding hydrogens is 340 g/mol. The molecule has 150 valence electrons. The van der Waals surface area contributed by atoms with Gasteiger partial charge in [-0.25, -0.2) is 4.99 Å². The van der Waals surface area contributed by atoms with Crippen LogP contribution in [-0.4, -0.2) is 45.5 Å². The van der Waals surface area contributed by atoms with Gasteiger partial charge < -0.3 is 19.9 Å². The smallest absolute Gasteiger partial charge is 0.192 e. The second-order valence-corrected chi connectivity index (χ2v) is 8.48. The molecule has 2 unspecified atom stereocenters. The van der Waals surface area contributed by atoms with E-state index in [0.717, 1.165) is 30.6 Å². The van der Waals surface area contributed by atoms with Crippen molar-refractivity contribution in [2.75, 3.05) is 6.61 Å². The van der Waals surface area contributed by atoms with Gasteiger partial charge in [0.05, 0.1) is 6.10 Å². The number of nitrogens with zero attached hydrogens (tertiary/aromatic N) is 4. The number of hydrogen-bond donors (Lipinski definition) is 2. The van der Waals surface area contributed by atoms with Crippen molar-refractivity contribution in [3.8, 4) is 0 Å². The third-order valence-electron chi connectivity index (χ3n) is 7.01. The average Bonchev–Trinajstić information content (AvgIpc) is 3.21. The van der Waals surface area contributed by atoms with E-state index in [1.165, 1.54) is 44.9 Å². The van der Waals surface area contributed by atoms with Gasteiger partial charge in [0.1, 0.15) is 12.4 Å². The molecule has 1 aromatic rings. The van der Waals surface area contributed by atoms with Gasteiger partial charge in [-0.3, -0.25) is 0 Å². The second-order valence-electron chi connectivity index (χ2n) is 8.48. The summed E-state index contributed by atoms with van der Waals surface area (Å²) in [6, 6.07) is 1.01. The first-order valence-electron chi connectivity index (χ1n) is 10.7. The third kappa shape index (κ3) is 3.58. The Kier molecular flexibility index (Phi) is 5.39. The standard InChI is InChI=1S/C20H34N6O/c1-4-27-17-12-16(20(17)10-7-11-20)23-19(22-15-8-5-6-9-15)21-13-18-25-24-14(2)26(18)3/h15-17H,4-13H2,1-3H3,(H2,21,22,23). The third-order valence-corrected chi connectivity index (χ3v) is 7.01. The zero-order valence-corrected chi connectivity index (χ0v) is 17.0. The first-order chi connectivity index (χ1) is 13.1. The monoisotopic (exact) mass is 374 g/mol. The van der Waals surface area contributed by atoms with Crippen LogP contribution in [0.5, 0.6) is 0 Å². The molecule has 0 aromatic carbocycles. The summed E-state index contributed by atoms with van der Waals surface area (Å²) >= 11 is 0. The molecule has 2 atom stereocenters. The summed E-state index contributed by atoms with van der Waals surface area (Å²) in [4.78, 5) is 4.88. The van der Waals surface area contributed by atoms with Crippen molar-refractivity contribution >= 4 is 5.96 Å². The fraction of sp³-hybridized carbons (Fsp3) is 0.850. The van der Waals surface area contributed by atoms with Crippen molar-refractivity contribution in [2.45, 2.75) is 89.9 Å². The molecule has 1 aromatic heterocycles. The van der Waals surface area contributed by atoms with Gasteiger partial charge in [0.2, 0.25) is 0 Å². The van der Waals surface area contributed by atoms with Gasteiger partial charge in [-0.05, 0) is 46.0 Å². The van der Waals surface area contributed by atoms with Crippen LogP contribution in [0.3, 0.4) is 0 Å². The number of aromatic nitrogens is 3. The molecule has 27 heavy (non-hydrogen) atoms. The van der Waals surface area contributed by atoms with Gasteiger partial charge in [0.15, 0.2) is 11.8 Å². The zero-order chi connectivity index (χ0) is 18.9. The maximum atomic E-state index is 6.01. The highest BCUT2D eigenvalue weighted by Gasteiger charge is 2.59. The van der Waals surface area contributed by atoms with Crippen molar-refractivity contribution < 1.29 is 4.74 Å². The number of ether oxygens (including phenoxy) is 1. The molecule has 3 aliphatic carbocycles. The van der Waals surface area contributed by atoms with Gasteiger partial charge in [-0.2, -0.15) is 0 Å². The van der Waals surface area contributed by atoms with E-state index in [0.29, 0.717) is 30.1 Å². The summed E-state index contributed by atoms with van der Waals surface area (Å²) in [5.74, 6) is 2.76. The first-order valence-corrected chi connectivity index (χ1v) is 10.7. The minimum absolute atomic E-state index is 0.329. The van der Waals surface area contributed by atoms with Gasteiger partial charge in [-0.1, -0.05) is 19.3 Å². The summed E-state index contributed by atoms with van der Waals surface area (Å²) in [5.41, 5.74) is 0.329. The van der Waals surface area contributed by atoms with Crippen molar-refractivity contribution in [3.05, 3.63) is 11.6 Å². The molecule has 1 heterocycles. The Bertz CT molecular complexity index is 674. The minimum Gasteiger partial charge on any atom is -0.378 e. The Hall–Kier alpha value is -1.63. The summed E-state index contributed by atoms with van der Waals surface area (Å²) in [5, 5.41) is 15.8. The molecule has 3 fully saturated rings. The molecule has 3 saturated carbocycles. The van der Waals surface area contributed by atoms with E-state index in [9.17, 15) is 0 Å². The maximum absolute atomic E-state index is 6.01. The highest BCUT2D eigenvalue weighted by atomic mass is 16.5. The number of aliphatic imine (C=N–C) groups is 1. The summed E-state index contributed by atoms with van der Waals surface area (Å²) < 4.78 is 8.02. The molecular formula is C20H34N6O. The van der Waals surface area contributed by atoms with Crippen LogP contribution in [0, 0.1) is 12.3 Å². The fourth-order valence-corrected chi connectivity index (χ4v) is 4.94. The van der Waals surface area contributed by atoms with Crippen LogP contribution < -0.4 is 10.6 Å². The van der Waals surface area contributed by atoms with Gasteiger partial charge in [0, 0.05) is 31.2 Å². The predicted molar refractivity (Wildman–Crippen MR) is 106 cm³/mol. The number of guanidine groups is 1. The van der Waals surface area contributed by atoms with E-state index in [4.69, 9.17) is 9.73 Å². The van der Waals surface area contributed by atoms with E-state index in [1.54, 1.807) is 0 Å². The summed E-state index contributed by atoms with van der Waals surface area (Å²) in [6.07, 6.45) is 10.5. The van der Waals surface area contributed by atoms with Crippen LogP contribution in [-0.2, 0) is 18.3 Å². The molecule has 0 amide bonds. The molecule has 0 bridgehead atoms. The molecule has 3 aliphatic rings. The average molecular weight is 375 g/mol. The number of hydrogen-bond acceptors (Lipinski definition) is 4. The van der Waals surface area contributed by atoms with Crippen molar-refractivity contribution in [1.29, 1.82) is 0 Å². The molecule has 1 spiro atoms. The van der Waals surface area contributed by atoms with Gasteiger partial charge in [-0.15, -0.1) is 10.2 Å². The Balaban J connectivity index is 1.45. The summed E-state index contributed by atoms with van der Waals surface area (Å²) in [7, 11) is 2.00. The summed E-state index contributed by atoms with van der Waals surface area (Å²) in [6.45, 7) is 5.43. The second kappa shape index (κ2) is 7.78. The Morgan fingerprint density at radius 2 is 2.00 bits per heavy atom. The highest BCUT2D eigenvalue weighted by molar-refractivity contribution is 5.80. The minimum atomic E-state index is 0.329. The fourth-order valence-electron chi connectivity index (χ4n) is 4.94. The molecule has 7 heteroatoms. The lowest BCUT2D eigenvalue weighted by Gasteiger charge is -2.61. The van der Waals surface area contributed by atoms with Crippen molar-refractivity contribution in [3.63, 3.8) is 0 Å². The Morgan fingerprint density at radius 3 is 2.59 bits per heavy atom. The van der Waals surface area contributed by atoms with Crippen LogP contribution in [0.4, 0.5) is 0 Å². The van der Waals surface area contributed by atoms with Crippen LogP contribution in [0.1, 0.15) is 69.9 Å². The van der Waals surface area contributed by atoms with Crippen molar-refractivity contribution in [2.24, 2.45) is 17.5 Å². The van der Waals surface area contributed by atoms with E-state index in [-0.39, 0.29) is 0 Å². The first kappa shape index (κ1) is 18.7. The number of rotatable bonds is 6. The quantitative estimate of drug-likeness (QED) is 0.591. The van der Waals surface area contributed by atoms with Crippen LogP contribution in [0.2, 0.25) is 0 Å². The zero-order valence-electron chi connectivity index (χ0n) is 17.0. The lowest BCUT2D eigenvalue weighted by molar-refractivity contribution is -0.168. The normalized spacial score (nSPS) is 27.4. The van der Waals surface area contributed by atoms with Crippen LogP contribution in [0.15, 0.2) is 4.99 Å². The van der Waals surface area contributed by atoms with Gasteiger partial charge >= 0.3 is 0 Å². The van der Waals surface area contributed by atoms with Crippen LogP contribution in [0.25, 0.3) is 0 Å². The van der Waals surface area contributed by atoms with Crippen molar-refractivity contribution in [1.82, 2.24) is 25.4 Å². The maximum Gasteiger partial charge on any atom is 0.192 e. The molecule has 7 nitrogen and oxygen atoms in total. The predicted octanol–water partition coefficient (Wildman–Crippen LogP) is 2.45. The van der Waals surface area contributed by atoms with Gasteiger partial charge in [0.25, 0.3) is 0 Å². The lowest BCUT2D eigenvalue weighted by atomic mass is 9.51. The molecule has 0 saturated heterocycles. The highest BCUT2D eigenvalue weighted by Crippen LogP contribution is 2.57. The Morgan fingerprint density at radius 1 is 1.22 bits per heavy atom. The van der Waals surface area contributed by atoms with E-state index in [1.807, 2.05) is 18.5 Å². The van der Waals surface area contributed by atoms with E-state index in [2.05, 4.69) is 27.8 Å². The molecule has 4 rings (SSSR count). The molecule has 0 aliphatic heterocycles.